The maximum Gasteiger partial charge on any atom is 0.417 e. The number of fused-ring (bicyclic) bond motifs is 1. The Balaban J connectivity index is 0.600. The molecule has 3 fully saturated rings. The number of piperidine rings is 1. The molecule has 0 spiro atoms. The van der Waals surface area contributed by atoms with Crippen LogP contribution in [0, 0.1) is 0 Å². The molecule has 86 heavy (non-hydrogen) atoms. The number of carbonyl (C=O) groups excluding carboxylic acids is 6. The first-order valence-corrected chi connectivity index (χ1v) is 29.8. The van der Waals surface area contributed by atoms with Gasteiger partial charge < -0.3 is 54.0 Å². The first-order chi connectivity index (χ1) is 41.6. The normalized spacial score (nSPS) is 17.1. The number of anilines is 2. The van der Waals surface area contributed by atoms with Gasteiger partial charge >= 0.3 is 6.18 Å². The van der Waals surface area contributed by atoms with Gasteiger partial charge in [-0.05, 0) is 92.2 Å². The van der Waals surface area contributed by atoms with E-state index in [1.165, 1.54) is 0 Å². The summed E-state index contributed by atoms with van der Waals surface area (Å²) in [6, 6.07) is 18.4. The van der Waals surface area contributed by atoms with E-state index in [2.05, 4.69) is 52.7 Å². The molecule has 24 heteroatoms. The molecule has 4 N–H and O–H groups in total. The molecule has 5 heterocycles. The van der Waals surface area contributed by atoms with E-state index in [1.807, 2.05) is 37.4 Å². The second kappa shape index (κ2) is 32.7. The van der Waals surface area contributed by atoms with Crippen molar-refractivity contribution in [3.63, 3.8) is 0 Å². The van der Waals surface area contributed by atoms with Crippen molar-refractivity contribution in [1.29, 1.82) is 0 Å². The van der Waals surface area contributed by atoms with E-state index in [4.69, 9.17) is 23.7 Å². The van der Waals surface area contributed by atoms with Gasteiger partial charge in [0.1, 0.15) is 6.04 Å². The Morgan fingerprint density at radius 2 is 1.33 bits per heavy atom. The largest absolute Gasteiger partial charge is 0.417 e. The first-order valence-electron chi connectivity index (χ1n) is 29.8. The number of ether oxygens (including phenoxy) is 5. The van der Waals surface area contributed by atoms with Crippen LogP contribution in [0.3, 0.4) is 0 Å². The quantitative estimate of drug-likeness (QED) is 0.0347. The zero-order valence-corrected chi connectivity index (χ0v) is 49.0. The summed E-state index contributed by atoms with van der Waals surface area (Å²) in [6.07, 6.45) is 1.63. The van der Waals surface area contributed by atoms with Crippen LogP contribution in [0.4, 0.5) is 24.5 Å². The number of aryl methyl sites for hydroxylation is 1. The number of amides is 6. The lowest BCUT2D eigenvalue weighted by Crippen LogP contribution is -2.54. The molecule has 1 atom stereocenters. The van der Waals surface area contributed by atoms with Crippen LogP contribution in [0.15, 0.2) is 77.7 Å². The zero-order valence-electron chi connectivity index (χ0n) is 49.0. The molecular weight excluding hydrogens is 1120 g/mol. The maximum atomic E-state index is 13.9. The average Bonchev–Trinajstić information content (AvgIpc) is 1.67. The van der Waals surface area contributed by atoms with E-state index < -0.39 is 58.4 Å². The molecule has 0 radical (unpaired) electrons. The second-order valence-corrected chi connectivity index (χ2v) is 21.9. The average molecular weight is 1200 g/mol. The number of unbranched alkanes of at least 4 members (excludes halogenated alkanes) is 3. The van der Waals surface area contributed by atoms with Crippen LogP contribution in [0.2, 0.25) is 0 Å². The van der Waals surface area contributed by atoms with Crippen LogP contribution in [0.5, 0.6) is 0 Å². The van der Waals surface area contributed by atoms with Gasteiger partial charge in [0.15, 0.2) is 0 Å². The van der Waals surface area contributed by atoms with Gasteiger partial charge in [-0.25, -0.2) is 0 Å². The van der Waals surface area contributed by atoms with Crippen molar-refractivity contribution in [3.8, 4) is 11.1 Å². The number of hydrogen-bond acceptors (Lipinski definition) is 16. The van der Waals surface area contributed by atoms with Crippen molar-refractivity contribution in [2.45, 2.75) is 76.6 Å². The highest BCUT2D eigenvalue weighted by Crippen LogP contribution is 2.36. The fourth-order valence-corrected chi connectivity index (χ4v) is 10.9. The molecule has 1 aromatic heterocycles. The fourth-order valence-electron chi connectivity index (χ4n) is 10.9. The van der Waals surface area contributed by atoms with Gasteiger partial charge in [-0.15, -0.1) is 0 Å². The molecule has 4 aliphatic heterocycles. The number of imide groups is 2. The van der Waals surface area contributed by atoms with Crippen LogP contribution < -0.4 is 26.4 Å². The summed E-state index contributed by atoms with van der Waals surface area (Å²) in [4.78, 5) is 100. The van der Waals surface area contributed by atoms with Crippen molar-refractivity contribution in [3.05, 3.63) is 117 Å². The van der Waals surface area contributed by atoms with E-state index >= 15 is 0 Å². The van der Waals surface area contributed by atoms with E-state index in [1.54, 1.807) is 18.2 Å². The van der Waals surface area contributed by atoms with Crippen molar-refractivity contribution >= 4 is 46.8 Å². The van der Waals surface area contributed by atoms with Gasteiger partial charge in [0, 0.05) is 97.2 Å². The number of nitrogens with one attached hydrogen (secondary N) is 4. The molecule has 4 aliphatic rings. The number of alkyl halides is 3. The summed E-state index contributed by atoms with van der Waals surface area (Å²) in [5, 5.41) is 7.95. The standard InChI is InChI=1S/C62H80F3N9O12/c1-70-21-27-73(28-22-70)52-15-14-47(40-51(52)68-58(78)49-42-67-56(77)41-50(49)62(63,64)65)46-11-6-9-44(39-46)43-72-25-23-71(24-26-72)20-5-3-2-4-19-66-54(75)18-30-83-32-34-85-36-38-86-37-35-84-33-31-82-29-8-12-45-10-7-13-48-57(45)61(81)74(60(48)80)53-16-17-55(76)69-59(53)79/h6-7,9-11,13-15,39-42,53H,2-5,8,12,16-38,43H2,1H3,(H,66,75)(H,67,77)(H,68,78)(H,69,76,79). The number of benzene rings is 3. The van der Waals surface area contributed by atoms with Gasteiger partial charge in [0.25, 0.3) is 17.7 Å². The van der Waals surface area contributed by atoms with Gasteiger partial charge in [0.05, 0.1) is 93.1 Å². The number of likely N-dealkylation sites (N-methyl/N-ethyl adjacent to an activating group) is 1. The van der Waals surface area contributed by atoms with E-state index in [0.29, 0.717) is 127 Å². The Bertz CT molecular complexity index is 3000. The minimum atomic E-state index is -4.90. The minimum absolute atomic E-state index is 0.0338. The molecule has 0 aliphatic carbocycles. The number of rotatable bonds is 33. The third kappa shape index (κ3) is 19.0. The Kier molecular flexibility index (Phi) is 24.8. The summed E-state index contributed by atoms with van der Waals surface area (Å²) in [5.74, 6) is -3.09. The summed E-state index contributed by atoms with van der Waals surface area (Å²) in [7, 11) is 2.03. The van der Waals surface area contributed by atoms with Crippen LogP contribution in [-0.2, 0) is 57.2 Å². The number of carbonyl (C=O) groups is 6. The molecule has 1 unspecified atom stereocenters. The fraction of sp³-hybridized carbons (Fsp3) is 0.532. The molecule has 0 saturated carbocycles. The maximum absolute atomic E-state index is 13.9. The molecule has 3 aromatic carbocycles. The number of nitrogens with zero attached hydrogens (tertiary/aromatic N) is 5. The van der Waals surface area contributed by atoms with Gasteiger partial charge in [-0.3, -0.25) is 48.7 Å². The van der Waals surface area contributed by atoms with Gasteiger partial charge in [0.2, 0.25) is 23.3 Å². The monoisotopic (exact) mass is 1200 g/mol. The third-order valence-corrected chi connectivity index (χ3v) is 15.7. The van der Waals surface area contributed by atoms with Crippen LogP contribution in [0.25, 0.3) is 11.1 Å². The second-order valence-electron chi connectivity index (χ2n) is 21.9. The van der Waals surface area contributed by atoms with Crippen molar-refractivity contribution in [2.75, 3.05) is 149 Å². The number of halogens is 3. The highest BCUT2D eigenvalue weighted by Gasteiger charge is 2.45. The summed E-state index contributed by atoms with van der Waals surface area (Å²) < 4.78 is 69.7. The third-order valence-electron chi connectivity index (χ3n) is 15.7. The van der Waals surface area contributed by atoms with Crippen LogP contribution >= 0.6 is 0 Å². The number of aromatic amines is 1. The van der Waals surface area contributed by atoms with Crippen molar-refractivity contribution < 1.29 is 65.6 Å². The summed E-state index contributed by atoms with van der Waals surface area (Å²) in [6.45, 7) is 13.1. The minimum Gasteiger partial charge on any atom is -0.379 e. The predicted molar refractivity (Wildman–Crippen MR) is 315 cm³/mol. The van der Waals surface area contributed by atoms with Gasteiger partial charge in [-0.1, -0.05) is 49.2 Å². The molecule has 21 nitrogen and oxygen atoms in total. The lowest BCUT2D eigenvalue weighted by Gasteiger charge is -2.35. The number of H-pyrrole nitrogens is 1. The molecule has 466 valence electrons. The van der Waals surface area contributed by atoms with Crippen LogP contribution in [0.1, 0.15) is 99.1 Å². The Morgan fingerprint density at radius 3 is 2.02 bits per heavy atom. The van der Waals surface area contributed by atoms with Crippen molar-refractivity contribution in [2.24, 2.45) is 0 Å². The lowest BCUT2D eigenvalue weighted by atomic mass is 9.99. The smallest absolute Gasteiger partial charge is 0.379 e. The highest BCUT2D eigenvalue weighted by atomic mass is 19.4. The molecule has 3 saturated heterocycles. The summed E-state index contributed by atoms with van der Waals surface area (Å²) >= 11 is 0. The Hall–Kier alpha value is -6.90. The first kappa shape index (κ1) is 65.1. The lowest BCUT2D eigenvalue weighted by molar-refractivity contribution is -0.138. The topological polar surface area (TPSA) is 234 Å². The summed E-state index contributed by atoms with van der Waals surface area (Å²) in [5.41, 5.74) is 2.33. The zero-order chi connectivity index (χ0) is 60.8. The Morgan fingerprint density at radius 1 is 0.674 bits per heavy atom. The number of pyridine rings is 1. The van der Waals surface area contributed by atoms with E-state index in [-0.39, 0.29) is 30.7 Å². The molecule has 6 amide bonds. The molecule has 0 bridgehead atoms. The Labute approximate surface area is 499 Å². The van der Waals surface area contributed by atoms with E-state index in [0.717, 1.165) is 106 Å². The highest BCUT2D eigenvalue weighted by molar-refractivity contribution is 6.24. The molecule has 4 aromatic rings. The number of hydrogen-bond donors (Lipinski definition) is 4. The SMILES string of the molecule is CN1CCN(c2ccc(-c3cccc(CN4CCN(CCCCCCNC(=O)CCOCCOCCOCCOCCOCCCc5cccc6c5C(=O)N(C5CCC(=O)NC5=O)C6=O)CC4)c3)cc2NC(=O)c2c[nH]c(=O)cc2C(F)(F)F)CC1. The number of aromatic nitrogens is 1. The van der Waals surface area contributed by atoms with Crippen LogP contribution in [-0.4, -0.2) is 205 Å². The van der Waals surface area contributed by atoms with E-state index in [9.17, 15) is 46.7 Å². The number of piperazine rings is 2. The molecule has 8 rings (SSSR count). The molecular formula is C62H80F3N9O12. The van der Waals surface area contributed by atoms with Gasteiger partial charge in [-0.2, -0.15) is 13.2 Å². The van der Waals surface area contributed by atoms with Crippen molar-refractivity contribution in [1.82, 2.24) is 35.2 Å². The predicted octanol–water partition coefficient (Wildman–Crippen LogP) is 5.37.